The average Bonchev–Trinajstić information content (AvgIpc) is 2.06. The molecule has 0 bridgehead atoms. The molecule has 1 atom stereocenters. The van der Waals surface area contributed by atoms with Crippen molar-refractivity contribution in [1.82, 2.24) is 4.98 Å². The van der Waals surface area contributed by atoms with Crippen LogP contribution in [0.2, 0.25) is 0 Å². The fraction of sp³-hybridized carbons (Fsp3) is 0.500. The van der Waals surface area contributed by atoms with Crippen LogP contribution in [0.15, 0.2) is 24.4 Å². The molecular weight excluding hydrogens is 170 g/mol. The molecule has 0 N–H and O–H groups in total. The van der Waals surface area contributed by atoms with Gasteiger partial charge in [-0.1, -0.05) is 19.9 Å². The first kappa shape index (κ1) is 9.53. The molecule has 1 rings (SSSR count). The molecule has 1 aromatic heterocycles. The fourth-order valence-electron chi connectivity index (χ4n) is 0.954. The maximum Gasteiger partial charge on any atom is 0.0418 e. The van der Waals surface area contributed by atoms with Gasteiger partial charge in [0.05, 0.1) is 0 Å². The lowest BCUT2D eigenvalue weighted by atomic mass is 10.1. The standard InChI is InChI=1S/C10H14ClN/c1-8(2)10(11)7-9-5-3-4-6-12-9/h3-6,8,10H,7H2,1-2H3. The van der Waals surface area contributed by atoms with Gasteiger partial charge in [-0.25, -0.2) is 0 Å². The molecule has 0 spiro atoms. The molecule has 0 aliphatic heterocycles. The van der Waals surface area contributed by atoms with Gasteiger partial charge in [-0.05, 0) is 18.1 Å². The predicted molar refractivity (Wildman–Crippen MR) is 52.4 cm³/mol. The van der Waals surface area contributed by atoms with Crippen molar-refractivity contribution in [2.24, 2.45) is 5.92 Å². The van der Waals surface area contributed by atoms with Crippen molar-refractivity contribution in [3.8, 4) is 0 Å². The molecule has 0 fully saturated rings. The summed E-state index contributed by atoms with van der Waals surface area (Å²) in [6.07, 6.45) is 2.67. The van der Waals surface area contributed by atoms with Crippen molar-refractivity contribution in [3.05, 3.63) is 30.1 Å². The zero-order valence-electron chi connectivity index (χ0n) is 7.50. The van der Waals surface area contributed by atoms with Crippen LogP contribution in [-0.4, -0.2) is 10.4 Å². The summed E-state index contributed by atoms with van der Waals surface area (Å²) < 4.78 is 0. The number of hydrogen-bond acceptors (Lipinski definition) is 1. The highest BCUT2D eigenvalue weighted by Gasteiger charge is 2.10. The van der Waals surface area contributed by atoms with E-state index in [0.29, 0.717) is 5.92 Å². The van der Waals surface area contributed by atoms with Gasteiger partial charge in [0.15, 0.2) is 0 Å². The van der Waals surface area contributed by atoms with Crippen LogP contribution in [0.4, 0.5) is 0 Å². The van der Waals surface area contributed by atoms with E-state index in [1.165, 1.54) is 0 Å². The molecule has 0 aromatic carbocycles. The van der Waals surface area contributed by atoms with Gasteiger partial charge in [-0.15, -0.1) is 11.6 Å². The third kappa shape index (κ3) is 2.82. The molecule has 2 heteroatoms. The highest BCUT2D eigenvalue weighted by Crippen LogP contribution is 2.13. The van der Waals surface area contributed by atoms with Crippen molar-refractivity contribution in [1.29, 1.82) is 0 Å². The second-order valence-corrected chi connectivity index (χ2v) is 3.85. The Kier molecular flexibility index (Phi) is 3.54. The molecule has 0 saturated heterocycles. The molecule has 66 valence electrons. The van der Waals surface area contributed by atoms with E-state index in [-0.39, 0.29) is 5.38 Å². The lowest BCUT2D eigenvalue weighted by Gasteiger charge is -2.11. The SMILES string of the molecule is CC(C)C(Cl)Cc1ccccn1. The summed E-state index contributed by atoms with van der Waals surface area (Å²) in [6.45, 7) is 4.25. The van der Waals surface area contributed by atoms with E-state index < -0.39 is 0 Å². The first-order chi connectivity index (χ1) is 5.70. The van der Waals surface area contributed by atoms with Gasteiger partial charge in [0, 0.05) is 23.7 Å². The van der Waals surface area contributed by atoms with Gasteiger partial charge in [0.2, 0.25) is 0 Å². The molecule has 1 unspecified atom stereocenters. The summed E-state index contributed by atoms with van der Waals surface area (Å²) in [7, 11) is 0. The van der Waals surface area contributed by atoms with Crippen molar-refractivity contribution >= 4 is 11.6 Å². The van der Waals surface area contributed by atoms with Crippen LogP contribution in [0, 0.1) is 5.92 Å². The minimum absolute atomic E-state index is 0.194. The number of rotatable bonds is 3. The third-order valence-electron chi connectivity index (χ3n) is 1.85. The van der Waals surface area contributed by atoms with E-state index in [1.54, 1.807) is 6.20 Å². The van der Waals surface area contributed by atoms with E-state index in [0.717, 1.165) is 12.1 Å². The van der Waals surface area contributed by atoms with Crippen molar-refractivity contribution < 1.29 is 0 Å². The number of aromatic nitrogens is 1. The van der Waals surface area contributed by atoms with E-state index in [2.05, 4.69) is 18.8 Å². The van der Waals surface area contributed by atoms with Crippen LogP contribution >= 0.6 is 11.6 Å². The van der Waals surface area contributed by atoms with Gasteiger partial charge in [-0.2, -0.15) is 0 Å². The van der Waals surface area contributed by atoms with Crippen LogP contribution < -0.4 is 0 Å². The van der Waals surface area contributed by atoms with Gasteiger partial charge in [0.25, 0.3) is 0 Å². The molecule has 1 nitrogen and oxygen atoms in total. The van der Waals surface area contributed by atoms with Crippen LogP contribution in [0.25, 0.3) is 0 Å². The molecule has 0 aliphatic carbocycles. The Balaban J connectivity index is 2.53. The van der Waals surface area contributed by atoms with Gasteiger partial charge in [-0.3, -0.25) is 4.98 Å². The number of pyridine rings is 1. The number of alkyl halides is 1. The summed E-state index contributed by atoms with van der Waals surface area (Å²) in [6, 6.07) is 5.92. The summed E-state index contributed by atoms with van der Waals surface area (Å²) in [5.41, 5.74) is 1.08. The molecule has 0 saturated carbocycles. The maximum absolute atomic E-state index is 6.11. The molecule has 0 radical (unpaired) electrons. The highest BCUT2D eigenvalue weighted by atomic mass is 35.5. The molecule has 12 heavy (non-hydrogen) atoms. The van der Waals surface area contributed by atoms with Crippen LogP contribution in [0.5, 0.6) is 0 Å². The van der Waals surface area contributed by atoms with Crippen LogP contribution in [-0.2, 0) is 6.42 Å². The Morgan fingerprint density at radius 1 is 1.42 bits per heavy atom. The zero-order chi connectivity index (χ0) is 8.97. The van der Waals surface area contributed by atoms with E-state index in [4.69, 9.17) is 11.6 Å². The molecule has 0 aliphatic rings. The molecule has 1 aromatic rings. The predicted octanol–water partition coefficient (Wildman–Crippen LogP) is 2.89. The third-order valence-corrected chi connectivity index (χ3v) is 2.51. The Hall–Kier alpha value is -0.560. The monoisotopic (exact) mass is 183 g/mol. The lowest BCUT2D eigenvalue weighted by Crippen LogP contribution is -2.11. The van der Waals surface area contributed by atoms with E-state index >= 15 is 0 Å². The minimum atomic E-state index is 0.194. The number of nitrogens with zero attached hydrogens (tertiary/aromatic N) is 1. The van der Waals surface area contributed by atoms with E-state index in [1.807, 2.05) is 18.2 Å². The second kappa shape index (κ2) is 4.46. The molecule has 1 heterocycles. The maximum atomic E-state index is 6.11. The Morgan fingerprint density at radius 3 is 2.67 bits per heavy atom. The smallest absolute Gasteiger partial charge is 0.0418 e. The summed E-state index contributed by atoms with van der Waals surface area (Å²) in [5, 5.41) is 0.194. The van der Waals surface area contributed by atoms with Gasteiger partial charge in [0.1, 0.15) is 0 Å². The first-order valence-corrected chi connectivity index (χ1v) is 4.67. The lowest BCUT2D eigenvalue weighted by molar-refractivity contribution is 0.591. The molecular formula is C10H14ClN. The molecule has 0 amide bonds. The normalized spacial score (nSPS) is 13.3. The Bertz CT molecular complexity index is 221. The van der Waals surface area contributed by atoms with Crippen molar-refractivity contribution in [3.63, 3.8) is 0 Å². The summed E-state index contributed by atoms with van der Waals surface area (Å²) >= 11 is 6.11. The van der Waals surface area contributed by atoms with Crippen molar-refractivity contribution in [2.75, 3.05) is 0 Å². The van der Waals surface area contributed by atoms with E-state index in [9.17, 15) is 0 Å². The quantitative estimate of drug-likeness (QED) is 0.657. The Labute approximate surface area is 78.8 Å². The second-order valence-electron chi connectivity index (χ2n) is 3.29. The zero-order valence-corrected chi connectivity index (χ0v) is 8.25. The topological polar surface area (TPSA) is 12.9 Å². The number of hydrogen-bond donors (Lipinski definition) is 0. The van der Waals surface area contributed by atoms with Gasteiger partial charge >= 0.3 is 0 Å². The Morgan fingerprint density at radius 2 is 2.17 bits per heavy atom. The van der Waals surface area contributed by atoms with Crippen LogP contribution in [0.1, 0.15) is 19.5 Å². The highest BCUT2D eigenvalue weighted by molar-refractivity contribution is 6.20. The largest absolute Gasteiger partial charge is 0.261 e. The minimum Gasteiger partial charge on any atom is -0.261 e. The fourth-order valence-corrected chi connectivity index (χ4v) is 1.11. The van der Waals surface area contributed by atoms with Crippen LogP contribution in [0.3, 0.4) is 0 Å². The van der Waals surface area contributed by atoms with Crippen molar-refractivity contribution in [2.45, 2.75) is 25.6 Å². The first-order valence-electron chi connectivity index (χ1n) is 4.24. The summed E-state index contributed by atoms with van der Waals surface area (Å²) in [5.74, 6) is 0.508. The van der Waals surface area contributed by atoms with Gasteiger partial charge < -0.3 is 0 Å². The number of halogens is 1. The average molecular weight is 184 g/mol. The summed E-state index contributed by atoms with van der Waals surface area (Å²) in [4.78, 5) is 4.22.